The van der Waals surface area contributed by atoms with Crippen molar-refractivity contribution in [3.05, 3.63) is 47.0 Å². The fourth-order valence-electron chi connectivity index (χ4n) is 2.62. The van der Waals surface area contributed by atoms with Crippen LogP contribution < -0.4 is 10.6 Å². The summed E-state index contributed by atoms with van der Waals surface area (Å²) in [6.07, 6.45) is 3.69. The molecule has 0 aliphatic carbocycles. The molecular formula is C18H26N4O3. The van der Waals surface area contributed by atoms with Crippen LogP contribution in [0.4, 0.5) is 0 Å². The maximum atomic E-state index is 12.4. The normalized spacial score (nSPS) is 12.0. The molecule has 0 unspecified atom stereocenters. The molecule has 136 valence electrons. The molecule has 2 amide bonds. The minimum atomic E-state index is -0.315. The standard InChI is InChI=1S/C18H26N4O3/c1-12-15(6-8-21(12)3)17(23)19-10-14(11-25-5)20-18(24)16-7-9-22(4)13(16)2/h6-9,14H,10-11H2,1-5H3,(H,19,23)(H,20,24)/t14-/m1/s1. The number of aromatic nitrogens is 2. The number of methoxy groups -OCH3 is 1. The molecule has 2 rings (SSSR count). The summed E-state index contributed by atoms with van der Waals surface area (Å²) >= 11 is 0. The van der Waals surface area contributed by atoms with E-state index in [0.29, 0.717) is 24.3 Å². The SMILES string of the molecule is COC[C@@H](CNC(=O)c1ccn(C)c1C)NC(=O)c1ccn(C)c1C. The van der Waals surface area contributed by atoms with E-state index in [1.54, 1.807) is 19.2 Å². The number of aryl methyl sites for hydroxylation is 2. The zero-order chi connectivity index (χ0) is 18.6. The number of hydrogen-bond acceptors (Lipinski definition) is 3. The lowest BCUT2D eigenvalue weighted by Crippen LogP contribution is -2.46. The summed E-state index contributed by atoms with van der Waals surface area (Å²) in [5.41, 5.74) is 3.03. The van der Waals surface area contributed by atoms with Crippen LogP contribution >= 0.6 is 0 Å². The molecule has 0 saturated carbocycles. The maximum absolute atomic E-state index is 12.4. The number of hydrogen-bond donors (Lipinski definition) is 2. The molecule has 2 N–H and O–H groups in total. The van der Waals surface area contributed by atoms with Crippen LogP contribution in [-0.2, 0) is 18.8 Å². The van der Waals surface area contributed by atoms with Crippen molar-refractivity contribution in [3.8, 4) is 0 Å². The van der Waals surface area contributed by atoms with E-state index >= 15 is 0 Å². The lowest BCUT2D eigenvalue weighted by Gasteiger charge is -2.19. The first-order valence-corrected chi connectivity index (χ1v) is 8.17. The summed E-state index contributed by atoms with van der Waals surface area (Å²) in [6, 6.07) is 3.24. The van der Waals surface area contributed by atoms with Crippen LogP contribution in [0.3, 0.4) is 0 Å². The van der Waals surface area contributed by atoms with Gasteiger partial charge in [-0.05, 0) is 26.0 Å². The van der Waals surface area contributed by atoms with Gasteiger partial charge in [-0.2, -0.15) is 0 Å². The van der Waals surface area contributed by atoms with Gasteiger partial charge in [0.15, 0.2) is 0 Å². The van der Waals surface area contributed by atoms with Crippen LogP contribution in [0.1, 0.15) is 32.1 Å². The molecule has 0 bridgehead atoms. The molecule has 25 heavy (non-hydrogen) atoms. The Morgan fingerprint density at radius 3 is 2.00 bits per heavy atom. The molecule has 2 heterocycles. The average molecular weight is 346 g/mol. The highest BCUT2D eigenvalue weighted by Gasteiger charge is 2.18. The van der Waals surface area contributed by atoms with E-state index < -0.39 is 0 Å². The third-order valence-electron chi connectivity index (χ3n) is 4.47. The predicted octanol–water partition coefficient (Wildman–Crippen LogP) is 1.16. The van der Waals surface area contributed by atoms with Crippen LogP contribution in [0, 0.1) is 13.8 Å². The fraction of sp³-hybridized carbons (Fsp3) is 0.444. The van der Waals surface area contributed by atoms with Gasteiger partial charge in [0, 0.05) is 51.5 Å². The third kappa shape index (κ3) is 4.30. The molecule has 0 spiro atoms. The lowest BCUT2D eigenvalue weighted by atomic mass is 10.2. The first-order valence-electron chi connectivity index (χ1n) is 8.17. The molecule has 7 heteroatoms. The lowest BCUT2D eigenvalue weighted by molar-refractivity contribution is 0.0866. The zero-order valence-corrected chi connectivity index (χ0v) is 15.4. The van der Waals surface area contributed by atoms with E-state index in [-0.39, 0.29) is 17.9 Å². The van der Waals surface area contributed by atoms with Crippen molar-refractivity contribution >= 4 is 11.8 Å². The van der Waals surface area contributed by atoms with Crippen LogP contribution in [0.25, 0.3) is 0 Å². The van der Waals surface area contributed by atoms with E-state index in [2.05, 4.69) is 10.6 Å². The van der Waals surface area contributed by atoms with Crippen molar-refractivity contribution < 1.29 is 14.3 Å². The molecule has 0 radical (unpaired) electrons. The van der Waals surface area contributed by atoms with Crippen molar-refractivity contribution in [1.29, 1.82) is 0 Å². The molecule has 2 aromatic rings. The van der Waals surface area contributed by atoms with Crippen molar-refractivity contribution in [2.45, 2.75) is 19.9 Å². The van der Waals surface area contributed by atoms with E-state index in [1.165, 1.54) is 0 Å². The van der Waals surface area contributed by atoms with E-state index in [0.717, 1.165) is 11.4 Å². The van der Waals surface area contributed by atoms with Crippen LogP contribution in [0.2, 0.25) is 0 Å². The van der Waals surface area contributed by atoms with Crippen LogP contribution in [-0.4, -0.2) is 47.3 Å². The van der Waals surface area contributed by atoms with Gasteiger partial charge < -0.3 is 24.5 Å². The Morgan fingerprint density at radius 2 is 1.56 bits per heavy atom. The summed E-state index contributed by atoms with van der Waals surface area (Å²) in [5, 5.41) is 5.78. The number of nitrogens with one attached hydrogen (secondary N) is 2. The van der Waals surface area contributed by atoms with Gasteiger partial charge in [-0.3, -0.25) is 9.59 Å². The molecule has 0 aliphatic rings. The van der Waals surface area contributed by atoms with Gasteiger partial charge in [0.1, 0.15) is 0 Å². The quantitative estimate of drug-likeness (QED) is 0.790. The van der Waals surface area contributed by atoms with E-state index in [4.69, 9.17) is 4.74 Å². The highest BCUT2D eigenvalue weighted by Crippen LogP contribution is 2.09. The van der Waals surface area contributed by atoms with Gasteiger partial charge in [-0.25, -0.2) is 0 Å². The second-order valence-corrected chi connectivity index (χ2v) is 6.19. The second-order valence-electron chi connectivity index (χ2n) is 6.19. The Labute approximate surface area is 148 Å². The highest BCUT2D eigenvalue weighted by molar-refractivity contribution is 5.96. The molecule has 0 saturated heterocycles. The van der Waals surface area contributed by atoms with Crippen molar-refractivity contribution in [1.82, 2.24) is 19.8 Å². The number of carbonyl (C=O) groups excluding carboxylic acids is 2. The maximum Gasteiger partial charge on any atom is 0.253 e. The van der Waals surface area contributed by atoms with E-state index in [9.17, 15) is 9.59 Å². The summed E-state index contributed by atoms with van der Waals surface area (Å²) < 4.78 is 8.95. The molecule has 0 aromatic carbocycles. The minimum Gasteiger partial charge on any atom is -0.382 e. The molecule has 0 aliphatic heterocycles. The predicted molar refractivity (Wildman–Crippen MR) is 95.8 cm³/mol. The summed E-state index contributed by atoms with van der Waals surface area (Å²) in [6.45, 7) is 4.38. The Kier molecular flexibility index (Phi) is 6.03. The average Bonchev–Trinajstić information content (AvgIpc) is 3.08. The number of ether oxygens (including phenoxy) is 1. The number of nitrogens with zero attached hydrogens (tertiary/aromatic N) is 2. The topological polar surface area (TPSA) is 77.3 Å². The molecule has 1 atom stereocenters. The van der Waals surface area contributed by atoms with Gasteiger partial charge in [0.25, 0.3) is 11.8 Å². The van der Waals surface area contributed by atoms with Gasteiger partial charge in [-0.1, -0.05) is 0 Å². The Morgan fingerprint density at radius 1 is 1.04 bits per heavy atom. The Bertz CT molecular complexity index is 760. The fourth-order valence-corrected chi connectivity index (χ4v) is 2.62. The van der Waals surface area contributed by atoms with E-state index in [1.807, 2.05) is 49.5 Å². The first-order chi connectivity index (χ1) is 11.8. The second kappa shape index (κ2) is 8.02. The molecule has 7 nitrogen and oxygen atoms in total. The third-order valence-corrected chi connectivity index (χ3v) is 4.47. The monoisotopic (exact) mass is 346 g/mol. The molecule has 0 fully saturated rings. The molecule has 2 aromatic heterocycles. The first kappa shape index (κ1) is 18.8. The van der Waals surface area contributed by atoms with Crippen molar-refractivity contribution in [2.75, 3.05) is 20.3 Å². The van der Waals surface area contributed by atoms with Gasteiger partial charge in [0.2, 0.25) is 0 Å². The van der Waals surface area contributed by atoms with Gasteiger partial charge in [0.05, 0.1) is 23.8 Å². The van der Waals surface area contributed by atoms with Crippen LogP contribution in [0.5, 0.6) is 0 Å². The Balaban J connectivity index is 1.98. The number of amides is 2. The van der Waals surface area contributed by atoms with Gasteiger partial charge in [-0.15, -0.1) is 0 Å². The summed E-state index contributed by atoms with van der Waals surface area (Å²) in [7, 11) is 5.35. The van der Waals surface area contributed by atoms with Crippen molar-refractivity contribution in [2.24, 2.45) is 14.1 Å². The van der Waals surface area contributed by atoms with Crippen LogP contribution in [0.15, 0.2) is 24.5 Å². The smallest absolute Gasteiger partial charge is 0.253 e. The highest BCUT2D eigenvalue weighted by atomic mass is 16.5. The zero-order valence-electron chi connectivity index (χ0n) is 15.4. The van der Waals surface area contributed by atoms with Crippen molar-refractivity contribution in [3.63, 3.8) is 0 Å². The summed E-state index contributed by atoms with van der Waals surface area (Å²) in [4.78, 5) is 24.8. The summed E-state index contributed by atoms with van der Waals surface area (Å²) in [5.74, 6) is -0.338. The Hall–Kier alpha value is -2.54. The molecular weight excluding hydrogens is 320 g/mol. The number of carbonyl (C=O) groups is 2. The van der Waals surface area contributed by atoms with Gasteiger partial charge >= 0.3 is 0 Å². The minimum absolute atomic E-state index is 0.163. The number of rotatable bonds is 7. The largest absolute Gasteiger partial charge is 0.382 e.